The van der Waals surface area contributed by atoms with Crippen molar-refractivity contribution in [2.75, 3.05) is 23.9 Å². The predicted octanol–water partition coefficient (Wildman–Crippen LogP) is 0.442. The molecule has 1 aliphatic rings. The van der Waals surface area contributed by atoms with Crippen molar-refractivity contribution in [1.29, 1.82) is 0 Å². The summed E-state index contributed by atoms with van der Waals surface area (Å²) in [6, 6.07) is 7.31. The molecule has 1 aliphatic heterocycles. The van der Waals surface area contributed by atoms with E-state index in [0.717, 1.165) is 5.56 Å². The number of ether oxygens (including phenoxy) is 1. The second-order valence-corrected chi connectivity index (χ2v) is 9.00. The van der Waals surface area contributed by atoms with Crippen LogP contribution in [0, 0.1) is 6.92 Å². The first kappa shape index (κ1) is 18.6. The fraction of sp³-hybridized carbons (Fsp3) is 0.467. The molecule has 9 heteroatoms. The van der Waals surface area contributed by atoms with Gasteiger partial charge in [0.25, 0.3) is 5.91 Å². The first-order chi connectivity index (χ1) is 11.4. The Morgan fingerprint density at radius 1 is 1.25 bits per heavy atom. The molecule has 24 heavy (non-hydrogen) atoms. The molecule has 0 aromatic heterocycles. The summed E-state index contributed by atoms with van der Waals surface area (Å²) in [5, 5.41) is -0.0548. The van der Waals surface area contributed by atoms with E-state index >= 15 is 0 Å². The molecule has 1 saturated heterocycles. The van der Waals surface area contributed by atoms with Gasteiger partial charge in [0.05, 0.1) is 17.3 Å². The highest BCUT2D eigenvalue weighted by molar-refractivity contribution is 8.02. The topological polar surface area (TPSA) is 102 Å². The Labute approximate surface area is 145 Å². The highest BCUT2D eigenvalue weighted by Gasteiger charge is 2.28. The predicted molar refractivity (Wildman–Crippen MR) is 92.5 cm³/mol. The molecule has 0 radical (unpaired) electrons. The van der Waals surface area contributed by atoms with Crippen molar-refractivity contribution in [1.82, 2.24) is 10.9 Å². The van der Waals surface area contributed by atoms with Gasteiger partial charge in [0, 0.05) is 5.25 Å². The second-order valence-electron chi connectivity index (χ2n) is 5.49. The van der Waals surface area contributed by atoms with E-state index in [1.165, 1.54) is 11.8 Å². The molecule has 0 saturated carbocycles. The van der Waals surface area contributed by atoms with E-state index in [1.54, 1.807) is 6.07 Å². The zero-order valence-electron chi connectivity index (χ0n) is 13.3. The second kappa shape index (κ2) is 8.39. The molecular formula is C15H20N2O5S2. The van der Waals surface area contributed by atoms with Gasteiger partial charge < -0.3 is 4.74 Å². The number of carbonyl (C=O) groups is 2. The van der Waals surface area contributed by atoms with Crippen LogP contribution in [0.2, 0.25) is 0 Å². The Morgan fingerprint density at radius 3 is 2.62 bits per heavy atom. The maximum Gasteiger partial charge on any atom is 0.276 e. The summed E-state index contributed by atoms with van der Waals surface area (Å²) in [6.07, 6.45) is 0.566. The molecule has 1 aromatic carbocycles. The molecule has 0 bridgehead atoms. The highest BCUT2D eigenvalue weighted by Crippen LogP contribution is 2.23. The van der Waals surface area contributed by atoms with Crippen LogP contribution in [0.4, 0.5) is 0 Å². The van der Waals surface area contributed by atoms with Gasteiger partial charge in [-0.05, 0) is 25.0 Å². The molecule has 7 nitrogen and oxygen atoms in total. The van der Waals surface area contributed by atoms with E-state index in [1.807, 2.05) is 25.1 Å². The SMILES string of the molecule is Cc1ccccc1OCC(=O)NNC(=O)CS[C@H]1CCS(=O)(=O)C1. The maximum atomic E-state index is 11.7. The van der Waals surface area contributed by atoms with Crippen LogP contribution >= 0.6 is 11.8 Å². The van der Waals surface area contributed by atoms with Crippen molar-refractivity contribution >= 4 is 33.4 Å². The van der Waals surface area contributed by atoms with E-state index in [2.05, 4.69) is 10.9 Å². The number of hydrazine groups is 1. The van der Waals surface area contributed by atoms with Crippen LogP contribution < -0.4 is 15.6 Å². The lowest BCUT2D eigenvalue weighted by Gasteiger charge is -2.11. The summed E-state index contributed by atoms with van der Waals surface area (Å²) in [5.74, 6) is 0.144. The number of amides is 2. The summed E-state index contributed by atoms with van der Waals surface area (Å²) in [7, 11) is -2.95. The first-order valence-corrected chi connectivity index (χ1v) is 10.3. The largest absolute Gasteiger partial charge is 0.483 e. The molecule has 1 aromatic rings. The standard InChI is InChI=1S/C15H20N2O5S2/c1-11-4-2-3-5-13(11)22-8-14(18)16-17-15(19)9-23-12-6-7-24(20,21)10-12/h2-5,12H,6-10H2,1H3,(H,16,18)(H,17,19)/t12-/m0/s1. The number of nitrogens with one attached hydrogen (secondary N) is 2. The minimum absolute atomic E-state index is 0.0548. The highest BCUT2D eigenvalue weighted by atomic mass is 32.2. The lowest BCUT2D eigenvalue weighted by molar-refractivity contribution is -0.128. The number of aryl methyl sites for hydroxylation is 1. The molecule has 0 unspecified atom stereocenters. The lowest BCUT2D eigenvalue weighted by Crippen LogP contribution is -2.44. The van der Waals surface area contributed by atoms with E-state index in [9.17, 15) is 18.0 Å². The van der Waals surface area contributed by atoms with Crippen LogP contribution in [-0.2, 0) is 19.4 Å². The molecule has 2 N–H and O–H groups in total. The average molecular weight is 372 g/mol. The summed E-state index contributed by atoms with van der Waals surface area (Å²) in [6.45, 7) is 1.66. The molecule has 1 heterocycles. The third kappa shape index (κ3) is 6.04. The molecule has 0 aliphatic carbocycles. The molecule has 132 valence electrons. The molecule has 0 spiro atoms. The van der Waals surface area contributed by atoms with Gasteiger partial charge in [-0.3, -0.25) is 20.4 Å². The van der Waals surface area contributed by atoms with E-state index in [-0.39, 0.29) is 35.0 Å². The van der Waals surface area contributed by atoms with Crippen LogP contribution in [0.3, 0.4) is 0 Å². The fourth-order valence-electron chi connectivity index (χ4n) is 2.16. The quantitative estimate of drug-likeness (QED) is 0.703. The number of carbonyl (C=O) groups excluding carboxylic acids is 2. The minimum Gasteiger partial charge on any atom is -0.483 e. The van der Waals surface area contributed by atoms with Gasteiger partial charge in [-0.1, -0.05) is 18.2 Å². The van der Waals surface area contributed by atoms with Crippen molar-refractivity contribution in [2.45, 2.75) is 18.6 Å². The number of thioether (sulfide) groups is 1. The third-order valence-corrected chi connectivity index (χ3v) is 6.72. The van der Waals surface area contributed by atoms with Gasteiger partial charge in [-0.2, -0.15) is 0 Å². The first-order valence-electron chi connectivity index (χ1n) is 7.44. The number of rotatable bonds is 6. The van der Waals surface area contributed by atoms with E-state index < -0.39 is 15.7 Å². The van der Waals surface area contributed by atoms with Crippen molar-refractivity contribution in [2.24, 2.45) is 0 Å². The number of hydrogen-bond donors (Lipinski definition) is 2. The van der Waals surface area contributed by atoms with Crippen LogP contribution in [-0.4, -0.2) is 49.3 Å². The third-order valence-electron chi connectivity index (χ3n) is 3.43. The average Bonchev–Trinajstić information content (AvgIpc) is 2.89. The van der Waals surface area contributed by atoms with Crippen LogP contribution in [0.1, 0.15) is 12.0 Å². The van der Waals surface area contributed by atoms with Crippen LogP contribution in [0.15, 0.2) is 24.3 Å². The van der Waals surface area contributed by atoms with Crippen molar-refractivity contribution in [3.8, 4) is 5.75 Å². The molecule has 2 amide bonds. The van der Waals surface area contributed by atoms with Gasteiger partial charge in [-0.15, -0.1) is 11.8 Å². The lowest BCUT2D eigenvalue weighted by atomic mass is 10.2. The molecule has 1 atom stereocenters. The zero-order valence-corrected chi connectivity index (χ0v) is 14.9. The minimum atomic E-state index is -2.95. The van der Waals surface area contributed by atoms with E-state index in [0.29, 0.717) is 12.2 Å². The normalized spacial score (nSPS) is 18.8. The monoisotopic (exact) mass is 372 g/mol. The number of sulfone groups is 1. The Kier molecular flexibility index (Phi) is 6.50. The maximum absolute atomic E-state index is 11.7. The Balaban J connectivity index is 1.63. The van der Waals surface area contributed by atoms with Gasteiger partial charge >= 0.3 is 0 Å². The Hall–Kier alpha value is -1.74. The summed E-state index contributed by atoms with van der Waals surface area (Å²) >= 11 is 1.28. The van der Waals surface area contributed by atoms with Crippen molar-refractivity contribution in [3.05, 3.63) is 29.8 Å². The van der Waals surface area contributed by atoms with Gasteiger partial charge in [0.15, 0.2) is 16.4 Å². The fourth-order valence-corrected chi connectivity index (χ4v) is 5.60. The number of hydrogen-bond acceptors (Lipinski definition) is 6. The molecule has 2 rings (SSSR count). The van der Waals surface area contributed by atoms with Gasteiger partial charge in [0.2, 0.25) is 5.91 Å². The van der Waals surface area contributed by atoms with Crippen LogP contribution in [0.5, 0.6) is 5.75 Å². The number of benzene rings is 1. The van der Waals surface area contributed by atoms with Crippen LogP contribution in [0.25, 0.3) is 0 Å². The summed E-state index contributed by atoms with van der Waals surface area (Å²) < 4.78 is 28.0. The molecular weight excluding hydrogens is 352 g/mol. The smallest absolute Gasteiger partial charge is 0.276 e. The summed E-state index contributed by atoms with van der Waals surface area (Å²) in [4.78, 5) is 23.3. The van der Waals surface area contributed by atoms with E-state index in [4.69, 9.17) is 4.74 Å². The Bertz CT molecular complexity index is 706. The van der Waals surface area contributed by atoms with Gasteiger partial charge in [0.1, 0.15) is 5.75 Å². The van der Waals surface area contributed by atoms with Gasteiger partial charge in [-0.25, -0.2) is 8.42 Å². The molecule has 1 fully saturated rings. The number of para-hydroxylation sites is 1. The zero-order chi connectivity index (χ0) is 17.6. The summed E-state index contributed by atoms with van der Waals surface area (Å²) in [5.41, 5.74) is 5.47. The van der Waals surface area contributed by atoms with Crippen molar-refractivity contribution < 1.29 is 22.7 Å². The van der Waals surface area contributed by atoms with Crippen molar-refractivity contribution in [3.63, 3.8) is 0 Å². The Morgan fingerprint density at radius 2 is 1.96 bits per heavy atom.